The number of rotatable bonds is 33. The molecule has 0 saturated heterocycles. The zero-order valence-electron chi connectivity index (χ0n) is 26.2. The summed E-state index contributed by atoms with van der Waals surface area (Å²) in [5.74, 6) is 0. The summed E-state index contributed by atoms with van der Waals surface area (Å²) in [6.45, 7) is 10.2. The summed E-state index contributed by atoms with van der Waals surface area (Å²) in [4.78, 5) is 0. The number of allylic oxidation sites excluding steroid dienone is 2. The number of nitrogens with one attached hydrogen (secondary N) is 2. The van der Waals surface area contributed by atoms with Crippen molar-refractivity contribution >= 4 is 0 Å². The van der Waals surface area contributed by atoms with Gasteiger partial charge in [0, 0.05) is 17.9 Å². The maximum atomic E-state index is 5.61. The van der Waals surface area contributed by atoms with E-state index in [0.29, 0.717) is 0 Å². The van der Waals surface area contributed by atoms with E-state index in [0.717, 1.165) is 31.6 Å². The highest BCUT2D eigenvalue weighted by Gasteiger charge is 1.98. The Balaban J connectivity index is 3.09. The van der Waals surface area contributed by atoms with Gasteiger partial charge in [-0.05, 0) is 52.1 Å². The van der Waals surface area contributed by atoms with Crippen LogP contribution < -0.4 is 16.4 Å². The lowest BCUT2D eigenvalue weighted by Crippen LogP contribution is -2.14. The van der Waals surface area contributed by atoms with Crippen LogP contribution in [0.2, 0.25) is 0 Å². The van der Waals surface area contributed by atoms with Gasteiger partial charge in [-0.2, -0.15) is 0 Å². The van der Waals surface area contributed by atoms with Gasteiger partial charge >= 0.3 is 0 Å². The zero-order valence-corrected chi connectivity index (χ0v) is 26.2. The molecule has 0 saturated carbocycles. The van der Waals surface area contributed by atoms with Gasteiger partial charge in [-0.3, -0.25) is 0 Å². The fourth-order valence-electron chi connectivity index (χ4n) is 5.36. The molecule has 38 heavy (non-hydrogen) atoms. The van der Waals surface area contributed by atoms with Gasteiger partial charge in [-0.1, -0.05) is 154 Å². The third-order valence-electron chi connectivity index (χ3n) is 7.95. The standard InChI is InChI=1S/C35H71N3/c1-34(36)30-26-23-21-19-17-15-13-11-9-7-5-4-6-8-10-12-14-16-18-20-22-24-29-33-38-35(2)31-27-25-28-32-37-3/h37-38H,1-2,4-33,36H2,3H3. The Bertz CT molecular complexity index is 488. The third kappa shape index (κ3) is 33.1. The van der Waals surface area contributed by atoms with E-state index in [9.17, 15) is 0 Å². The Hall–Kier alpha value is -0.960. The van der Waals surface area contributed by atoms with E-state index in [1.807, 2.05) is 7.05 Å². The Labute approximate surface area is 240 Å². The molecule has 226 valence electrons. The SMILES string of the molecule is C=C(N)CCCCCCCCCCCCCCCCCCCCCCCCCNC(=C)CCCCCNC. The maximum Gasteiger partial charge on any atom is 0.0143 e. The van der Waals surface area contributed by atoms with Gasteiger partial charge in [0.25, 0.3) is 0 Å². The molecule has 3 heteroatoms. The molecule has 0 aromatic rings. The van der Waals surface area contributed by atoms with Crippen LogP contribution in [0.15, 0.2) is 24.6 Å². The van der Waals surface area contributed by atoms with Crippen LogP contribution in [-0.2, 0) is 0 Å². The smallest absolute Gasteiger partial charge is 0.0143 e. The summed E-state index contributed by atoms with van der Waals surface area (Å²) in [5, 5.41) is 6.74. The largest absolute Gasteiger partial charge is 0.403 e. The summed E-state index contributed by atoms with van der Waals surface area (Å²) < 4.78 is 0. The molecule has 0 radical (unpaired) electrons. The van der Waals surface area contributed by atoms with Crippen molar-refractivity contribution in [3.63, 3.8) is 0 Å². The predicted octanol–water partition coefficient (Wildman–Crippen LogP) is 10.7. The first-order valence-electron chi connectivity index (χ1n) is 17.2. The highest BCUT2D eigenvalue weighted by Crippen LogP contribution is 2.16. The van der Waals surface area contributed by atoms with Crippen molar-refractivity contribution in [2.45, 2.75) is 180 Å². The van der Waals surface area contributed by atoms with Crippen molar-refractivity contribution in [3.8, 4) is 0 Å². The highest BCUT2D eigenvalue weighted by atomic mass is 14.9. The van der Waals surface area contributed by atoms with Crippen molar-refractivity contribution in [1.29, 1.82) is 0 Å². The van der Waals surface area contributed by atoms with Crippen molar-refractivity contribution < 1.29 is 0 Å². The first-order valence-corrected chi connectivity index (χ1v) is 17.2. The average Bonchev–Trinajstić information content (AvgIpc) is 2.90. The molecule has 0 spiro atoms. The Morgan fingerprint density at radius 2 is 0.711 bits per heavy atom. The van der Waals surface area contributed by atoms with Crippen molar-refractivity contribution in [2.24, 2.45) is 5.73 Å². The topological polar surface area (TPSA) is 50.1 Å². The number of unbranched alkanes of at least 4 members (excludes halogenated alkanes) is 24. The maximum absolute atomic E-state index is 5.61. The first-order chi connectivity index (χ1) is 18.7. The summed E-state index contributed by atoms with van der Waals surface area (Å²) in [7, 11) is 2.03. The van der Waals surface area contributed by atoms with E-state index >= 15 is 0 Å². The molecular weight excluding hydrogens is 462 g/mol. The minimum atomic E-state index is 0.848. The molecule has 0 rings (SSSR count). The van der Waals surface area contributed by atoms with E-state index in [4.69, 9.17) is 5.73 Å². The second-order valence-electron chi connectivity index (χ2n) is 12.0. The van der Waals surface area contributed by atoms with Gasteiger partial charge in [0.05, 0.1) is 0 Å². The van der Waals surface area contributed by atoms with Crippen molar-refractivity contribution in [2.75, 3.05) is 20.1 Å². The Morgan fingerprint density at radius 1 is 0.421 bits per heavy atom. The molecular formula is C35H71N3. The monoisotopic (exact) mass is 534 g/mol. The minimum absolute atomic E-state index is 0.848. The molecule has 0 aliphatic rings. The quantitative estimate of drug-likeness (QED) is 0.0735. The predicted molar refractivity (Wildman–Crippen MR) is 174 cm³/mol. The van der Waals surface area contributed by atoms with Gasteiger partial charge in [0.15, 0.2) is 0 Å². The lowest BCUT2D eigenvalue weighted by molar-refractivity contribution is 0.516. The van der Waals surface area contributed by atoms with E-state index in [1.54, 1.807) is 0 Å². The molecule has 0 amide bonds. The molecule has 0 aromatic heterocycles. The van der Waals surface area contributed by atoms with E-state index in [-0.39, 0.29) is 0 Å². The average molecular weight is 534 g/mol. The first kappa shape index (κ1) is 37.0. The third-order valence-corrected chi connectivity index (χ3v) is 7.95. The lowest BCUT2D eigenvalue weighted by Gasteiger charge is -2.09. The second kappa shape index (κ2) is 32.3. The molecule has 0 heterocycles. The van der Waals surface area contributed by atoms with Crippen LogP contribution in [0.1, 0.15) is 180 Å². The van der Waals surface area contributed by atoms with Crippen molar-refractivity contribution in [1.82, 2.24) is 10.6 Å². The highest BCUT2D eigenvalue weighted by molar-refractivity contribution is 4.90. The molecule has 0 atom stereocenters. The van der Waals surface area contributed by atoms with Gasteiger partial charge < -0.3 is 16.4 Å². The number of hydrogen-bond acceptors (Lipinski definition) is 3. The summed E-state index contributed by atoms with van der Waals surface area (Å²) in [6.07, 6.45) is 38.7. The molecule has 4 N–H and O–H groups in total. The van der Waals surface area contributed by atoms with Crippen LogP contribution in [0, 0.1) is 0 Å². The fraction of sp³-hybridized carbons (Fsp3) is 0.886. The summed E-state index contributed by atoms with van der Waals surface area (Å²) in [5.41, 5.74) is 7.70. The van der Waals surface area contributed by atoms with Crippen LogP contribution in [0.25, 0.3) is 0 Å². The van der Waals surface area contributed by atoms with Crippen molar-refractivity contribution in [3.05, 3.63) is 24.6 Å². The Kier molecular flexibility index (Phi) is 31.4. The summed E-state index contributed by atoms with van der Waals surface area (Å²) in [6, 6.07) is 0. The molecule has 0 aliphatic carbocycles. The Morgan fingerprint density at radius 3 is 1.08 bits per heavy atom. The lowest BCUT2D eigenvalue weighted by atomic mass is 10.0. The van der Waals surface area contributed by atoms with Gasteiger partial charge in [-0.25, -0.2) is 0 Å². The van der Waals surface area contributed by atoms with Crippen LogP contribution in [0.4, 0.5) is 0 Å². The zero-order chi connectivity index (χ0) is 27.8. The van der Waals surface area contributed by atoms with Gasteiger partial charge in [-0.15, -0.1) is 0 Å². The van der Waals surface area contributed by atoms with Crippen LogP contribution >= 0.6 is 0 Å². The molecule has 0 aromatic carbocycles. The van der Waals surface area contributed by atoms with Crippen LogP contribution in [0.5, 0.6) is 0 Å². The number of hydrogen-bond donors (Lipinski definition) is 3. The molecule has 3 nitrogen and oxygen atoms in total. The van der Waals surface area contributed by atoms with Gasteiger partial charge in [0.1, 0.15) is 0 Å². The van der Waals surface area contributed by atoms with E-state index in [1.165, 1.54) is 173 Å². The normalized spacial score (nSPS) is 11.2. The van der Waals surface area contributed by atoms with Crippen LogP contribution in [0.3, 0.4) is 0 Å². The van der Waals surface area contributed by atoms with Crippen LogP contribution in [-0.4, -0.2) is 20.1 Å². The fourth-order valence-corrected chi connectivity index (χ4v) is 5.36. The van der Waals surface area contributed by atoms with E-state index in [2.05, 4.69) is 23.8 Å². The molecule has 0 unspecified atom stereocenters. The molecule has 0 fully saturated rings. The molecule has 0 aliphatic heterocycles. The minimum Gasteiger partial charge on any atom is -0.403 e. The second-order valence-corrected chi connectivity index (χ2v) is 12.0. The molecule has 0 bridgehead atoms. The summed E-state index contributed by atoms with van der Waals surface area (Å²) >= 11 is 0. The van der Waals surface area contributed by atoms with Gasteiger partial charge in [0.2, 0.25) is 0 Å². The number of nitrogens with two attached hydrogens (primary N) is 1. The van der Waals surface area contributed by atoms with E-state index < -0.39 is 0 Å².